The smallest absolute Gasteiger partial charge is 0.234 e. The van der Waals surface area contributed by atoms with Gasteiger partial charge in [0.05, 0.1) is 16.9 Å². The number of hydrogen-bond donors (Lipinski definition) is 1. The Labute approximate surface area is 105 Å². The maximum Gasteiger partial charge on any atom is 0.234 e. The Morgan fingerprint density at radius 2 is 2.12 bits per heavy atom. The summed E-state index contributed by atoms with van der Waals surface area (Å²) in [7, 11) is 0. The van der Waals surface area contributed by atoms with E-state index < -0.39 is 0 Å². The Bertz CT molecular complexity index is 470. The molecule has 1 amide bonds. The number of benzene rings is 1. The summed E-state index contributed by atoms with van der Waals surface area (Å²) in [6, 6.07) is 9.31. The first kappa shape index (κ1) is 13.0. The largest absolute Gasteiger partial charge is 0.355 e. The van der Waals surface area contributed by atoms with E-state index in [1.807, 2.05) is 24.3 Å². The van der Waals surface area contributed by atoms with Crippen LogP contribution in [0.25, 0.3) is 0 Å². The number of nitrogens with one attached hydrogen (secondary N) is 1. The van der Waals surface area contributed by atoms with E-state index in [-0.39, 0.29) is 12.3 Å². The molecule has 0 saturated carbocycles. The van der Waals surface area contributed by atoms with Crippen molar-refractivity contribution in [2.24, 2.45) is 4.99 Å². The molecule has 0 aliphatic rings. The molecule has 0 fully saturated rings. The SMILES string of the molecule is N#CCC(=O)NCCc1ccc(N=C=S)cc1. The predicted molar refractivity (Wildman–Crippen MR) is 68.1 cm³/mol. The molecule has 0 aliphatic heterocycles. The number of thiocarbonyl (C=S) groups is 1. The second-order valence-corrected chi connectivity index (χ2v) is 3.49. The van der Waals surface area contributed by atoms with Crippen LogP contribution in [-0.2, 0) is 11.2 Å². The first-order valence-electron chi connectivity index (χ1n) is 5.06. The van der Waals surface area contributed by atoms with E-state index in [0.29, 0.717) is 6.54 Å². The molecule has 0 radical (unpaired) electrons. The Hall–Kier alpha value is -2.02. The van der Waals surface area contributed by atoms with E-state index in [0.717, 1.165) is 17.7 Å². The molecule has 0 heterocycles. The van der Waals surface area contributed by atoms with Gasteiger partial charge >= 0.3 is 0 Å². The molecular weight excluding hydrogens is 234 g/mol. The van der Waals surface area contributed by atoms with Gasteiger partial charge in [0.15, 0.2) is 0 Å². The molecular formula is C12H11N3OS. The van der Waals surface area contributed by atoms with Crippen molar-refractivity contribution < 1.29 is 4.79 Å². The van der Waals surface area contributed by atoms with Crippen molar-refractivity contribution >= 4 is 29.0 Å². The minimum absolute atomic E-state index is 0.0949. The van der Waals surface area contributed by atoms with Gasteiger partial charge < -0.3 is 5.32 Å². The number of amides is 1. The summed E-state index contributed by atoms with van der Waals surface area (Å²) in [6.07, 6.45) is 0.626. The summed E-state index contributed by atoms with van der Waals surface area (Å²) in [5.74, 6) is -0.241. The fourth-order valence-electron chi connectivity index (χ4n) is 1.27. The lowest BCUT2D eigenvalue weighted by molar-refractivity contribution is -0.120. The molecule has 5 heteroatoms. The average Bonchev–Trinajstić information content (AvgIpc) is 2.32. The molecule has 0 spiro atoms. The maximum atomic E-state index is 11.0. The highest BCUT2D eigenvalue weighted by Gasteiger charge is 1.99. The lowest BCUT2D eigenvalue weighted by Gasteiger charge is -2.03. The van der Waals surface area contributed by atoms with Gasteiger partial charge in [-0.15, -0.1) is 0 Å². The molecule has 1 aromatic carbocycles. The Balaban J connectivity index is 2.40. The lowest BCUT2D eigenvalue weighted by Crippen LogP contribution is -2.24. The predicted octanol–water partition coefficient (Wildman–Crippen LogP) is 1.99. The molecule has 4 nitrogen and oxygen atoms in total. The van der Waals surface area contributed by atoms with Crippen LogP contribution >= 0.6 is 12.2 Å². The van der Waals surface area contributed by atoms with Crippen molar-refractivity contribution in [3.8, 4) is 6.07 Å². The second-order valence-electron chi connectivity index (χ2n) is 3.30. The van der Waals surface area contributed by atoms with Gasteiger partial charge in [0.1, 0.15) is 6.42 Å². The molecule has 1 N–H and O–H groups in total. The van der Waals surface area contributed by atoms with Crippen LogP contribution in [-0.4, -0.2) is 17.6 Å². The molecule has 0 atom stereocenters. The fourth-order valence-corrected chi connectivity index (χ4v) is 1.38. The van der Waals surface area contributed by atoms with Crippen LogP contribution in [0.3, 0.4) is 0 Å². The molecule has 0 bridgehead atoms. The number of nitriles is 1. The Morgan fingerprint density at radius 3 is 2.71 bits per heavy atom. The summed E-state index contributed by atoms with van der Waals surface area (Å²) in [6.45, 7) is 0.524. The first-order valence-corrected chi connectivity index (χ1v) is 5.47. The molecule has 0 unspecified atom stereocenters. The normalized spacial score (nSPS) is 8.88. The van der Waals surface area contributed by atoms with Crippen molar-refractivity contribution in [3.63, 3.8) is 0 Å². The summed E-state index contributed by atoms with van der Waals surface area (Å²) in [5, 5.41) is 13.3. The number of carbonyl (C=O) groups is 1. The van der Waals surface area contributed by atoms with E-state index in [1.165, 1.54) is 0 Å². The summed E-state index contributed by atoms with van der Waals surface area (Å²) >= 11 is 4.50. The Morgan fingerprint density at radius 1 is 1.41 bits per heavy atom. The zero-order chi connectivity index (χ0) is 12.5. The van der Waals surface area contributed by atoms with Crippen molar-refractivity contribution in [2.75, 3.05) is 6.54 Å². The van der Waals surface area contributed by atoms with Gasteiger partial charge in [-0.3, -0.25) is 4.79 Å². The fraction of sp³-hybridized carbons (Fsp3) is 0.250. The molecule has 0 saturated heterocycles. The van der Waals surface area contributed by atoms with Crippen LogP contribution in [0.5, 0.6) is 0 Å². The first-order chi connectivity index (χ1) is 8.26. The maximum absolute atomic E-state index is 11.0. The molecule has 1 aromatic rings. The van der Waals surface area contributed by atoms with Crippen LogP contribution in [0.15, 0.2) is 29.3 Å². The summed E-state index contributed by atoms with van der Waals surface area (Å²) < 4.78 is 0. The lowest BCUT2D eigenvalue weighted by atomic mass is 10.1. The highest BCUT2D eigenvalue weighted by Crippen LogP contribution is 2.12. The van der Waals surface area contributed by atoms with Crippen molar-refractivity contribution in [1.82, 2.24) is 5.32 Å². The third kappa shape index (κ3) is 5.03. The van der Waals surface area contributed by atoms with Crippen LogP contribution in [0, 0.1) is 11.3 Å². The number of hydrogen-bond acceptors (Lipinski definition) is 4. The van der Waals surface area contributed by atoms with E-state index in [1.54, 1.807) is 6.07 Å². The van der Waals surface area contributed by atoms with Gasteiger partial charge in [-0.1, -0.05) is 12.1 Å². The minimum Gasteiger partial charge on any atom is -0.355 e. The van der Waals surface area contributed by atoms with Crippen LogP contribution in [0.2, 0.25) is 0 Å². The van der Waals surface area contributed by atoms with E-state index in [9.17, 15) is 4.79 Å². The average molecular weight is 245 g/mol. The van der Waals surface area contributed by atoms with Gasteiger partial charge in [0, 0.05) is 6.54 Å². The molecule has 17 heavy (non-hydrogen) atoms. The van der Waals surface area contributed by atoms with Crippen molar-refractivity contribution in [3.05, 3.63) is 29.8 Å². The highest BCUT2D eigenvalue weighted by molar-refractivity contribution is 7.78. The molecule has 0 aromatic heterocycles. The standard InChI is InChI=1S/C12H11N3OS/c13-7-5-12(16)14-8-6-10-1-3-11(4-2-10)15-9-17/h1-4H,5-6,8H2,(H,14,16). The number of carbonyl (C=O) groups excluding carboxylic acids is 1. The monoisotopic (exact) mass is 245 g/mol. The summed E-state index contributed by atoms with van der Waals surface area (Å²) in [5.41, 5.74) is 1.85. The third-order valence-corrected chi connectivity index (χ3v) is 2.18. The van der Waals surface area contributed by atoms with Crippen molar-refractivity contribution in [1.29, 1.82) is 5.26 Å². The molecule has 0 aliphatic carbocycles. The minimum atomic E-state index is -0.241. The Kier molecular flexibility index (Phi) is 5.59. The quantitative estimate of drug-likeness (QED) is 0.637. The zero-order valence-electron chi connectivity index (χ0n) is 9.14. The highest BCUT2D eigenvalue weighted by atomic mass is 32.1. The van der Waals surface area contributed by atoms with Crippen LogP contribution < -0.4 is 5.32 Å². The second kappa shape index (κ2) is 7.29. The summed E-state index contributed by atoms with van der Waals surface area (Å²) in [4.78, 5) is 14.8. The van der Waals surface area contributed by atoms with E-state index in [4.69, 9.17) is 5.26 Å². The zero-order valence-corrected chi connectivity index (χ0v) is 9.96. The van der Waals surface area contributed by atoms with Gasteiger partial charge in [-0.25, -0.2) is 0 Å². The van der Waals surface area contributed by atoms with Gasteiger partial charge in [0.2, 0.25) is 5.91 Å². The number of nitrogens with zero attached hydrogens (tertiary/aromatic N) is 2. The topological polar surface area (TPSA) is 65.2 Å². The molecule has 1 rings (SSSR count). The molecule has 86 valence electrons. The van der Waals surface area contributed by atoms with Crippen LogP contribution in [0.4, 0.5) is 5.69 Å². The van der Waals surface area contributed by atoms with Gasteiger partial charge in [-0.05, 0) is 36.3 Å². The van der Waals surface area contributed by atoms with Gasteiger partial charge in [0.25, 0.3) is 0 Å². The van der Waals surface area contributed by atoms with Crippen molar-refractivity contribution in [2.45, 2.75) is 12.8 Å². The number of isothiocyanates is 1. The van der Waals surface area contributed by atoms with E-state index >= 15 is 0 Å². The number of aliphatic imine (C=N–C) groups is 1. The van der Waals surface area contributed by atoms with Gasteiger partial charge in [-0.2, -0.15) is 10.3 Å². The van der Waals surface area contributed by atoms with E-state index in [2.05, 4.69) is 27.7 Å². The number of rotatable bonds is 5. The third-order valence-electron chi connectivity index (χ3n) is 2.09. The van der Waals surface area contributed by atoms with Crippen LogP contribution in [0.1, 0.15) is 12.0 Å².